The highest BCUT2D eigenvalue weighted by molar-refractivity contribution is 9.10. The molecule has 198 valence electrons. The van der Waals surface area contributed by atoms with Crippen molar-refractivity contribution in [1.82, 2.24) is 4.90 Å². The van der Waals surface area contributed by atoms with E-state index >= 15 is 0 Å². The highest BCUT2D eigenvalue weighted by atomic mass is 79.9. The monoisotopic (exact) mass is 591 g/mol. The lowest BCUT2D eigenvalue weighted by Crippen LogP contribution is -2.32. The maximum absolute atomic E-state index is 13.0. The predicted molar refractivity (Wildman–Crippen MR) is 146 cm³/mol. The van der Waals surface area contributed by atoms with Gasteiger partial charge in [-0.05, 0) is 88.4 Å². The van der Waals surface area contributed by atoms with Crippen LogP contribution in [0.3, 0.4) is 0 Å². The van der Waals surface area contributed by atoms with E-state index in [1.54, 1.807) is 25.1 Å². The van der Waals surface area contributed by atoms with Crippen molar-refractivity contribution >= 4 is 50.9 Å². The number of rotatable bonds is 11. The van der Waals surface area contributed by atoms with E-state index in [-0.39, 0.29) is 48.3 Å². The van der Waals surface area contributed by atoms with Crippen LogP contribution in [-0.2, 0) is 14.3 Å². The number of amides is 2. The number of hydrogen-bond donors (Lipinski definition) is 0. The Labute approximate surface area is 229 Å². The zero-order valence-corrected chi connectivity index (χ0v) is 23.9. The fourth-order valence-corrected chi connectivity index (χ4v) is 5.07. The van der Waals surface area contributed by atoms with Crippen molar-refractivity contribution in [3.8, 4) is 17.2 Å². The minimum Gasteiger partial charge on any atom is -0.493 e. The van der Waals surface area contributed by atoms with Crippen molar-refractivity contribution < 1.29 is 33.3 Å². The molecule has 8 nitrogen and oxygen atoms in total. The lowest BCUT2D eigenvalue weighted by atomic mass is 10.0. The number of carbonyl (C=O) groups is 3. The molecule has 2 aromatic rings. The van der Waals surface area contributed by atoms with E-state index < -0.39 is 5.97 Å². The number of ether oxygens (including phenoxy) is 4. The van der Waals surface area contributed by atoms with Gasteiger partial charge in [0.2, 0.25) is 0 Å². The first-order valence-electron chi connectivity index (χ1n) is 11.8. The Bertz CT molecular complexity index is 1210. The SMILES string of the molecule is CCOC(=O)COc1c(Br)cc(/C=C2\SC(=O)N(CCOc3cc(C)ccc3C(C)C)C2=O)cc1OC. The van der Waals surface area contributed by atoms with Gasteiger partial charge in [-0.1, -0.05) is 26.0 Å². The van der Waals surface area contributed by atoms with Crippen LogP contribution in [0.15, 0.2) is 39.7 Å². The van der Waals surface area contributed by atoms with Gasteiger partial charge in [0.25, 0.3) is 11.1 Å². The molecule has 37 heavy (non-hydrogen) atoms. The maximum atomic E-state index is 13.0. The molecule has 0 bridgehead atoms. The van der Waals surface area contributed by atoms with Gasteiger partial charge in [0.05, 0.1) is 29.6 Å². The molecule has 0 atom stereocenters. The van der Waals surface area contributed by atoms with Crippen molar-refractivity contribution in [1.29, 1.82) is 0 Å². The molecule has 0 unspecified atom stereocenters. The molecule has 1 saturated heterocycles. The number of hydrogen-bond acceptors (Lipinski definition) is 8. The second kappa shape index (κ2) is 13.0. The largest absolute Gasteiger partial charge is 0.493 e. The van der Waals surface area contributed by atoms with Crippen LogP contribution < -0.4 is 14.2 Å². The van der Waals surface area contributed by atoms with Crippen LogP contribution in [-0.4, -0.2) is 55.5 Å². The Hall–Kier alpha value is -2.98. The van der Waals surface area contributed by atoms with Crippen molar-refractivity contribution in [3.63, 3.8) is 0 Å². The summed E-state index contributed by atoms with van der Waals surface area (Å²) in [6.07, 6.45) is 1.62. The number of esters is 1. The van der Waals surface area contributed by atoms with Crippen molar-refractivity contribution in [2.45, 2.75) is 33.6 Å². The molecule has 0 spiro atoms. The van der Waals surface area contributed by atoms with Crippen molar-refractivity contribution in [3.05, 3.63) is 56.4 Å². The number of aryl methyl sites for hydroxylation is 1. The molecule has 0 aliphatic carbocycles. The van der Waals surface area contributed by atoms with Crippen molar-refractivity contribution in [2.24, 2.45) is 0 Å². The van der Waals surface area contributed by atoms with Crippen LogP contribution in [0.2, 0.25) is 0 Å². The Morgan fingerprint density at radius 3 is 2.57 bits per heavy atom. The first-order valence-corrected chi connectivity index (χ1v) is 13.4. The molecule has 1 aliphatic heterocycles. The van der Waals surface area contributed by atoms with Gasteiger partial charge in [-0.2, -0.15) is 0 Å². The number of benzene rings is 2. The predicted octanol–water partition coefficient (Wildman–Crippen LogP) is 5.95. The molecule has 10 heteroatoms. The van der Waals surface area contributed by atoms with E-state index in [0.717, 1.165) is 28.6 Å². The van der Waals surface area contributed by atoms with Gasteiger partial charge in [-0.3, -0.25) is 14.5 Å². The Morgan fingerprint density at radius 1 is 1.14 bits per heavy atom. The highest BCUT2D eigenvalue weighted by Crippen LogP contribution is 2.39. The summed E-state index contributed by atoms with van der Waals surface area (Å²) in [5, 5.41) is -0.353. The number of carbonyl (C=O) groups excluding carboxylic acids is 3. The fourth-order valence-electron chi connectivity index (χ4n) is 3.63. The first kappa shape index (κ1) is 28.6. The van der Waals surface area contributed by atoms with Gasteiger partial charge in [-0.25, -0.2) is 4.79 Å². The molecule has 1 fully saturated rings. The first-order chi connectivity index (χ1) is 17.6. The number of nitrogens with zero attached hydrogens (tertiary/aromatic N) is 1. The molecule has 0 aromatic heterocycles. The number of imide groups is 1. The molecular weight excluding hydrogens is 562 g/mol. The lowest BCUT2D eigenvalue weighted by molar-refractivity contribution is -0.145. The zero-order valence-electron chi connectivity index (χ0n) is 21.5. The summed E-state index contributed by atoms with van der Waals surface area (Å²) >= 11 is 4.29. The summed E-state index contributed by atoms with van der Waals surface area (Å²) < 4.78 is 22.3. The topological polar surface area (TPSA) is 91.4 Å². The van der Waals surface area contributed by atoms with Crippen LogP contribution in [0.4, 0.5) is 4.79 Å². The number of thioether (sulfide) groups is 1. The second-order valence-electron chi connectivity index (χ2n) is 8.51. The molecule has 0 N–H and O–H groups in total. The molecule has 3 rings (SSSR count). The quantitative estimate of drug-likeness (QED) is 0.234. The zero-order chi connectivity index (χ0) is 27.1. The molecule has 0 saturated carbocycles. The molecule has 2 aromatic carbocycles. The van der Waals surface area contributed by atoms with Crippen LogP contribution in [0.25, 0.3) is 6.08 Å². The van der Waals surface area contributed by atoms with E-state index in [1.807, 2.05) is 25.1 Å². The van der Waals surface area contributed by atoms with Gasteiger partial charge >= 0.3 is 5.97 Å². The standard InChI is InChI=1S/C27H30BrNO7S/c1-6-34-24(30)15-36-25-20(28)12-18(13-22(25)33-5)14-23-26(31)29(27(32)37-23)9-10-35-21-11-17(4)7-8-19(21)16(2)3/h7-8,11-14,16H,6,9-10,15H2,1-5H3/b23-14-. The third-order valence-electron chi connectivity index (χ3n) is 5.43. The summed E-state index contributed by atoms with van der Waals surface area (Å²) in [6, 6.07) is 9.42. The average molecular weight is 593 g/mol. The highest BCUT2D eigenvalue weighted by Gasteiger charge is 2.35. The second-order valence-corrected chi connectivity index (χ2v) is 10.4. The molecule has 1 heterocycles. The van der Waals surface area contributed by atoms with Gasteiger partial charge in [-0.15, -0.1) is 0 Å². The Balaban J connectivity index is 1.70. The van der Waals surface area contributed by atoms with Crippen LogP contribution >= 0.6 is 27.7 Å². The minimum atomic E-state index is -0.499. The molecule has 0 radical (unpaired) electrons. The van der Waals surface area contributed by atoms with Crippen LogP contribution in [0.1, 0.15) is 43.4 Å². The Morgan fingerprint density at radius 2 is 1.89 bits per heavy atom. The summed E-state index contributed by atoms with van der Waals surface area (Å²) in [4.78, 5) is 38.7. The average Bonchev–Trinajstić information content (AvgIpc) is 3.10. The van der Waals surface area contributed by atoms with Crippen LogP contribution in [0.5, 0.6) is 17.2 Å². The summed E-state index contributed by atoms with van der Waals surface area (Å²) in [5.74, 6) is 0.853. The van der Waals surface area contributed by atoms with E-state index in [0.29, 0.717) is 21.5 Å². The summed E-state index contributed by atoms with van der Waals surface area (Å²) in [5.41, 5.74) is 2.77. The fraction of sp³-hybridized carbons (Fsp3) is 0.370. The normalized spacial score (nSPS) is 14.5. The number of methoxy groups -OCH3 is 1. The third kappa shape index (κ3) is 7.29. The molecule has 1 aliphatic rings. The maximum Gasteiger partial charge on any atom is 0.344 e. The van der Waals surface area contributed by atoms with E-state index in [2.05, 4.69) is 29.8 Å². The Kier molecular flexibility index (Phi) is 10.0. The molecule has 2 amide bonds. The van der Waals surface area contributed by atoms with E-state index in [9.17, 15) is 14.4 Å². The van der Waals surface area contributed by atoms with E-state index in [1.165, 1.54) is 12.0 Å². The van der Waals surface area contributed by atoms with Gasteiger partial charge in [0.1, 0.15) is 12.4 Å². The van der Waals surface area contributed by atoms with E-state index in [4.69, 9.17) is 18.9 Å². The van der Waals surface area contributed by atoms with Crippen molar-refractivity contribution in [2.75, 3.05) is 33.5 Å². The smallest absolute Gasteiger partial charge is 0.344 e. The minimum absolute atomic E-state index is 0.140. The van der Waals surface area contributed by atoms with Crippen LogP contribution in [0, 0.1) is 6.92 Å². The third-order valence-corrected chi connectivity index (χ3v) is 6.92. The summed E-state index contributed by atoms with van der Waals surface area (Å²) in [6.45, 7) is 8.20. The molecular formula is C27H30BrNO7S. The summed E-state index contributed by atoms with van der Waals surface area (Å²) in [7, 11) is 1.47. The van der Waals surface area contributed by atoms with Gasteiger partial charge < -0.3 is 18.9 Å². The number of halogens is 1. The van der Waals surface area contributed by atoms with Gasteiger partial charge in [0.15, 0.2) is 18.1 Å². The van der Waals surface area contributed by atoms with Gasteiger partial charge in [0, 0.05) is 0 Å². The lowest BCUT2D eigenvalue weighted by Gasteiger charge is -2.17.